The van der Waals surface area contributed by atoms with Gasteiger partial charge in [-0.3, -0.25) is 4.99 Å². The molecule has 1 heterocycles. The second kappa shape index (κ2) is 9.29. The van der Waals surface area contributed by atoms with Gasteiger partial charge < -0.3 is 16.0 Å². The molecule has 0 radical (unpaired) electrons. The van der Waals surface area contributed by atoms with Crippen LogP contribution >= 0.6 is 0 Å². The lowest BCUT2D eigenvalue weighted by molar-refractivity contribution is 0.301. The minimum Gasteiger partial charge on any atom is -0.370 e. The minimum absolute atomic E-state index is 0.471. The second-order valence-electron chi connectivity index (χ2n) is 6.85. The fraction of sp³-hybridized carbons (Fsp3) is 0.941. The summed E-state index contributed by atoms with van der Waals surface area (Å²) >= 11 is 0. The third kappa shape index (κ3) is 6.25. The largest absolute Gasteiger partial charge is 0.370 e. The van der Waals surface area contributed by atoms with Gasteiger partial charge in [0, 0.05) is 12.6 Å². The molecule has 1 atom stereocenters. The number of nitrogens with zero attached hydrogens (tertiary/aromatic N) is 2. The van der Waals surface area contributed by atoms with Crippen LogP contribution < -0.4 is 11.1 Å². The van der Waals surface area contributed by atoms with Crippen molar-refractivity contribution in [2.24, 2.45) is 16.6 Å². The lowest BCUT2D eigenvalue weighted by atomic mass is 9.85. The molecule has 2 fully saturated rings. The SMILES string of the molecule is C[C@H](NC(N)=NCCCCN1CCCC1)C1CCCCC1. The first-order valence-corrected chi connectivity index (χ1v) is 9.04. The van der Waals surface area contributed by atoms with E-state index in [1.54, 1.807) is 0 Å². The Labute approximate surface area is 130 Å². The van der Waals surface area contributed by atoms with Crippen LogP contribution in [0.2, 0.25) is 0 Å². The first-order valence-electron chi connectivity index (χ1n) is 9.04. The van der Waals surface area contributed by atoms with Crippen molar-refractivity contribution in [2.45, 2.75) is 70.8 Å². The van der Waals surface area contributed by atoms with E-state index in [0.29, 0.717) is 12.0 Å². The highest BCUT2D eigenvalue weighted by Crippen LogP contribution is 2.26. The standard InChI is InChI=1S/C17H34N4/c1-15(16-9-3-2-4-10-16)20-17(18)19-11-5-6-12-21-13-7-8-14-21/h15-16H,2-14H2,1H3,(H3,18,19,20)/t15-/m0/s1. The molecule has 0 spiro atoms. The van der Waals surface area contributed by atoms with Crippen LogP contribution in [-0.4, -0.2) is 43.1 Å². The summed E-state index contributed by atoms with van der Waals surface area (Å²) < 4.78 is 0. The number of likely N-dealkylation sites (tertiary alicyclic amines) is 1. The zero-order valence-corrected chi connectivity index (χ0v) is 13.8. The van der Waals surface area contributed by atoms with Gasteiger partial charge in [-0.05, 0) is 71.0 Å². The molecule has 0 aromatic heterocycles. The Kier molecular flexibility index (Phi) is 7.34. The molecule has 2 aliphatic rings. The van der Waals surface area contributed by atoms with Crippen LogP contribution in [0.5, 0.6) is 0 Å². The Morgan fingerprint density at radius 2 is 1.86 bits per heavy atom. The molecular weight excluding hydrogens is 260 g/mol. The average Bonchev–Trinajstić information content (AvgIpc) is 3.01. The van der Waals surface area contributed by atoms with Crippen LogP contribution in [0, 0.1) is 5.92 Å². The van der Waals surface area contributed by atoms with Gasteiger partial charge in [-0.25, -0.2) is 0 Å². The number of aliphatic imine (C=N–C) groups is 1. The van der Waals surface area contributed by atoms with Gasteiger partial charge in [-0.2, -0.15) is 0 Å². The molecule has 0 amide bonds. The van der Waals surface area contributed by atoms with Gasteiger partial charge in [-0.15, -0.1) is 0 Å². The van der Waals surface area contributed by atoms with E-state index in [4.69, 9.17) is 5.73 Å². The monoisotopic (exact) mass is 294 g/mol. The predicted molar refractivity (Wildman–Crippen MR) is 90.6 cm³/mol. The van der Waals surface area contributed by atoms with Crippen molar-refractivity contribution in [2.75, 3.05) is 26.2 Å². The predicted octanol–water partition coefficient (Wildman–Crippen LogP) is 2.74. The summed E-state index contributed by atoms with van der Waals surface area (Å²) in [6, 6.07) is 0.471. The van der Waals surface area contributed by atoms with Crippen LogP contribution in [0.4, 0.5) is 0 Å². The van der Waals surface area contributed by atoms with Gasteiger partial charge in [0.2, 0.25) is 0 Å². The molecule has 1 saturated heterocycles. The van der Waals surface area contributed by atoms with Gasteiger partial charge in [0.15, 0.2) is 5.96 Å². The summed E-state index contributed by atoms with van der Waals surface area (Å²) in [6.45, 7) is 6.95. The number of rotatable bonds is 7. The molecule has 1 aliphatic carbocycles. The Bertz CT molecular complexity index is 304. The Hall–Kier alpha value is -0.770. The molecule has 0 unspecified atom stereocenters. The van der Waals surface area contributed by atoms with Crippen molar-refractivity contribution < 1.29 is 0 Å². The van der Waals surface area contributed by atoms with Gasteiger partial charge in [0.05, 0.1) is 0 Å². The molecule has 21 heavy (non-hydrogen) atoms. The lowest BCUT2D eigenvalue weighted by Crippen LogP contribution is -2.43. The van der Waals surface area contributed by atoms with E-state index in [0.717, 1.165) is 18.9 Å². The molecule has 2 rings (SSSR count). The maximum atomic E-state index is 6.01. The molecule has 3 N–H and O–H groups in total. The zero-order chi connectivity index (χ0) is 14.9. The molecule has 4 nitrogen and oxygen atoms in total. The van der Waals surface area contributed by atoms with Crippen molar-refractivity contribution in [3.05, 3.63) is 0 Å². The summed E-state index contributed by atoms with van der Waals surface area (Å²) in [5.41, 5.74) is 6.01. The summed E-state index contributed by atoms with van der Waals surface area (Å²) in [7, 11) is 0. The third-order valence-electron chi connectivity index (χ3n) is 5.10. The van der Waals surface area contributed by atoms with E-state index >= 15 is 0 Å². The van der Waals surface area contributed by atoms with Crippen LogP contribution in [0.3, 0.4) is 0 Å². The maximum absolute atomic E-state index is 6.01. The molecule has 4 heteroatoms. The van der Waals surface area contributed by atoms with Crippen LogP contribution in [0.15, 0.2) is 4.99 Å². The number of nitrogens with two attached hydrogens (primary N) is 1. The van der Waals surface area contributed by atoms with Crippen molar-refractivity contribution in [1.29, 1.82) is 0 Å². The topological polar surface area (TPSA) is 53.6 Å². The molecule has 0 aromatic rings. The highest BCUT2D eigenvalue weighted by molar-refractivity contribution is 5.78. The normalized spacial score (nSPS) is 23.4. The number of hydrogen-bond acceptors (Lipinski definition) is 2. The fourth-order valence-electron chi connectivity index (χ4n) is 3.68. The molecule has 0 bridgehead atoms. The molecule has 0 aromatic carbocycles. The number of unbranched alkanes of at least 4 members (excludes halogenated alkanes) is 1. The van der Waals surface area contributed by atoms with Crippen LogP contribution in [0.1, 0.15) is 64.7 Å². The Balaban J connectivity index is 1.55. The van der Waals surface area contributed by atoms with Crippen molar-refractivity contribution in [1.82, 2.24) is 10.2 Å². The smallest absolute Gasteiger partial charge is 0.188 e. The van der Waals surface area contributed by atoms with Gasteiger partial charge in [0.1, 0.15) is 0 Å². The van der Waals surface area contributed by atoms with E-state index in [1.807, 2.05) is 0 Å². The van der Waals surface area contributed by atoms with Gasteiger partial charge >= 0.3 is 0 Å². The van der Waals surface area contributed by atoms with E-state index in [1.165, 1.54) is 71.0 Å². The van der Waals surface area contributed by atoms with E-state index < -0.39 is 0 Å². The summed E-state index contributed by atoms with van der Waals surface area (Å²) in [5.74, 6) is 1.43. The quantitative estimate of drug-likeness (QED) is 0.431. The fourth-order valence-corrected chi connectivity index (χ4v) is 3.68. The first kappa shape index (κ1) is 16.6. The first-order chi connectivity index (χ1) is 10.3. The van der Waals surface area contributed by atoms with Crippen LogP contribution in [-0.2, 0) is 0 Å². The highest BCUT2D eigenvalue weighted by atomic mass is 15.1. The molecular formula is C17H34N4. The third-order valence-corrected chi connectivity index (χ3v) is 5.10. The maximum Gasteiger partial charge on any atom is 0.188 e. The number of nitrogens with one attached hydrogen (secondary N) is 1. The van der Waals surface area contributed by atoms with Crippen molar-refractivity contribution in [3.8, 4) is 0 Å². The average molecular weight is 294 g/mol. The number of hydrogen-bond donors (Lipinski definition) is 2. The van der Waals surface area contributed by atoms with E-state index in [2.05, 4.69) is 22.1 Å². The lowest BCUT2D eigenvalue weighted by Gasteiger charge is -2.28. The number of guanidine groups is 1. The van der Waals surface area contributed by atoms with Gasteiger partial charge in [0.25, 0.3) is 0 Å². The zero-order valence-electron chi connectivity index (χ0n) is 13.8. The highest BCUT2D eigenvalue weighted by Gasteiger charge is 2.20. The summed E-state index contributed by atoms with van der Waals surface area (Å²) in [4.78, 5) is 7.05. The van der Waals surface area contributed by atoms with Gasteiger partial charge in [-0.1, -0.05) is 19.3 Å². The van der Waals surface area contributed by atoms with E-state index in [-0.39, 0.29) is 0 Å². The second-order valence-corrected chi connectivity index (χ2v) is 6.85. The summed E-state index contributed by atoms with van der Waals surface area (Å²) in [5, 5.41) is 3.40. The minimum atomic E-state index is 0.471. The van der Waals surface area contributed by atoms with Crippen molar-refractivity contribution in [3.63, 3.8) is 0 Å². The Morgan fingerprint density at radius 3 is 2.57 bits per heavy atom. The summed E-state index contributed by atoms with van der Waals surface area (Å²) in [6.07, 6.45) is 12.0. The molecule has 122 valence electrons. The van der Waals surface area contributed by atoms with Crippen LogP contribution in [0.25, 0.3) is 0 Å². The Morgan fingerprint density at radius 1 is 1.14 bits per heavy atom. The molecule has 1 saturated carbocycles. The molecule has 1 aliphatic heterocycles. The van der Waals surface area contributed by atoms with Crippen molar-refractivity contribution >= 4 is 5.96 Å². The van der Waals surface area contributed by atoms with E-state index in [9.17, 15) is 0 Å².